The molecule has 0 bridgehead atoms. The lowest BCUT2D eigenvalue weighted by atomic mass is 9.80. The predicted octanol–water partition coefficient (Wildman–Crippen LogP) is 3.90. The number of aryl methyl sites for hydroxylation is 1. The zero-order valence-electron chi connectivity index (χ0n) is 19.5. The fraction of sp³-hybridized carbons (Fsp3) is 0.520. The minimum Gasteiger partial charge on any atom is -0.486 e. The number of hydrogen-bond donors (Lipinski definition) is 0. The molecule has 3 aliphatic rings. The van der Waals surface area contributed by atoms with E-state index >= 15 is 0 Å². The van der Waals surface area contributed by atoms with Gasteiger partial charge in [0.25, 0.3) is 0 Å². The van der Waals surface area contributed by atoms with E-state index < -0.39 is 14.6 Å². The molecule has 3 heterocycles. The molecule has 8 heteroatoms. The summed E-state index contributed by atoms with van der Waals surface area (Å²) in [7, 11) is -3.40. The molecule has 1 atom stereocenters. The van der Waals surface area contributed by atoms with Gasteiger partial charge in [-0.3, -0.25) is 0 Å². The Morgan fingerprint density at radius 3 is 2.76 bits per heavy atom. The molecule has 1 aromatic carbocycles. The molecule has 2 aromatic rings. The smallest absolute Gasteiger partial charge is 0.185 e. The van der Waals surface area contributed by atoms with Gasteiger partial charge >= 0.3 is 0 Å². The maximum Gasteiger partial charge on any atom is 0.185 e. The number of aromatic nitrogens is 2. The quantitative estimate of drug-likeness (QED) is 0.657. The van der Waals surface area contributed by atoms with Gasteiger partial charge in [-0.25, -0.2) is 18.4 Å². The van der Waals surface area contributed by atoms with Crippen molar-refractivity contribution in [2.24, 2.45) is 0 Å². The Kier molecular flexibility index (Phi) is 5.69. The molecule has 1 unspecified atom stereocenters. The molecule has 1 aromatic heterocycles. The fourth-order valence-electron chi connectivity index (χ4n) is 5.06. The van der Waals surface area contributed by atoms with Crippen LogP contribution in [0, 0.1) is 6.92 Å². The Hall–Kier alpha value is -2.45. The molecule has 176 valence electrons. The molecular formula is C25H31N3O4S. The van der Waals surface area contributed by atoms with Crippen LogP contribution in [0.5, 0.6) is 5.75 Å². The third-order valence-electron chi connectivity index (χ3n) is 7.16. The summed E-state index contributed by atoms with van der Waals surface area (Å²) in [5, 5.41) is 0. The van der Waals surface area contributed by atoms with E-state index in [9.17, 15) is 8.42 Å². The monoisotopic (exact) mass is 469 g/mol. The highest BCUT2D eigenvalue weighted by Gasteiger charge is 2.53. The van der Waals surface area contributed by atoms with Gasteiger partial charge in [-0.15, -0.1) is 0 Å². The lowest BCUT2D eigenvalue weighted by Gasteiger charge is -2.44. The van der Waals surface area contributed by atoms with Crippen LogP contribution in [0.4, 0.5) is 5.82 Å². The summed E-state index contributed by atoms with van der Waals surface area (Å²) in [6, 6.07) is 6.15. The zero-order chi connectivity index (χ0) is 23.2. The van der Waals surface area contributed by atoms with Crippen molar-refractivity contribution in [2.45, 2.75) is 50.3 Å². The summed E-state index contributed by atoms with van der Waals surface area (Å²) >= 11 is 0. The van der Waals surface area contributed by atoms with Gasteiger partial charge in [0.2, 0.25) is 0 Å². The minimum atomic E-state index is -3.40. The number of benzene rings is 1. The average molecular weight is 470 g/mol. The number of nitrogens with zero attached hydrogens (tertiary/aromatic N) is 3. The first-order chi connectivity index (χ1) is 15.9. The summed E-state index contributed by atoms with van der Waals surface area (Å²) in [6.07, 6.45) is 8.44. The van der Waals surface area contributed by atoms with Crippen molar-refractivity contribution in [1.82, 2.24) is 9.97 Å². The summed E-state index contributed by atoms with van der Waals surface area (Å²) in [5.74, 6) is 1.77. The number of morpholine rings is 1. The summed E-state index contributed by atoms with van der Waals surface area (Å²) in [5.41, 5.74) is 3.61. The molecule has 0 radical (unpaired) electrons. The predicted molar refractivity (Wildman–Crippen MR) is 129 cm³/mol. The second kappa shape index (κ2) is 8.40. The van der Waals surface area contributed by atoms with Crippen molar-refractivity contribution in [3.63, 3.8) is 0 Å². The van der Waals surface area contributed by atoms with Crippen LogP contribution in [-0.2, 0) is 19.3 Å². The number of anilines is 1. The first-order valence-corrected chi connectivity index (χ1v) is 13.6. The molecule has 1 saturated carbocycles. The maximum atomic E-state index is 13.1. The van der Waals surface area contributed by atoms with Gasteiger partial charge in [0.05, 0.1) is 19.3 Å². The number of ether oxygens (including phenoxy) is 2. The number of allylic oxidation sites excluding steroid dienone is 1. The first-order valence-electron chi connectivity index (χ1n) is 11.7. The molecule has 7 nitrogen and oxygen atoms in total. The molecule has 33 heavy (non-hydrogen) atoms. The number of rotatable bonds is 5. The van der Waals surface area contributed by atoms with Gasteiger partial charge < -0.3 is 14.4 Å². The Bertz CT molecular complexity index is 1200. The second-order valence-electron chi connectivity index (χ2n) is 9.25. The average Bonchev–Trinajstić information content (AvgIpc) is 2.76. The molecule has 5 rings (SSSR count). The Morgan fingerprint density at radius 2 is 2.06 bits per heavy atom. The number of fused-ring (bicyclic) bond motifs is 3. The normalized spacial score (nSPS) is 21.8. The van der Waals surface area contributed by atoms with Crippen LogP contribution in [0.2, 0.25) is 0 Å². The van der Waals surface area contributed by atoms with E-state index in [0.717, 1.165) is 29.5 Å². The van der Waals surface area contributed by atoms with E-state index in [-0.39, 0.29) is 6.04 Å². The van der Waals surface area contributed by atoms with Gasteiger partial charge in [-0.2, -0.15) is 0 Å². The fourth-order valence-corrected chi connectivity index (χ4v) is 6.58. The van der Waals surface area contributed by atoms with Gasteiger partial charge in [0, 0.05) is 18.4 Å². The van der Waals surface area contributed by atoms with Gasteiger partial charge in [0.1, 0.15) is 17.0 Å². The van der Waals surface area contributed by atoms with Crippen molar-refractivity contribution in [3.05, 3.63) is 41.1 Å². The van der Waals surface area contributed by atoms with E-state index in [2.05, 4.69) is 37.0 Å². The van der Waals surface area contributed by atoms with E-state index in [0.29, 0.717) is 62.3 Å². The van der Waals surface area contributed by atoms with Crippen LogP contribution in [0.1, 0.15) is 49.4 Å². The van der Waals surface area contributed by atoms with Crippen LogP contribution in [0.25, 0.3) is 17.5 Å². The van der Waals surface area contributed by atoms with Gasteiger partial charge in [-0.05, 0) is 43.7 Å². The maximum absolute atomic E-state index is 13.1. The largest absolute Gasteiger partial charge is 0.486 e. The third kappa shape index (κ3) is 3.64. The van der Waals surface area contributed by atoms with Crippen LogP contribution < -0.4 is 9.64 Å². The lowest BCUT2D eigenvalue weighted by molar-refractivity contribution is 0.0688. The van der Waals surface area contributed by atoms with Crippen molar-refractivity contribution in [1.29, 1.82) is 0 Å². The van der Waals surface area contributed by atoms with E-state index in [1.54, 1.807) is 0 Å². The highest BCUT2D eigenvalue weighted by molar-refractivity contribution is 7.91. The minimum absolute atomic E-state index is 0.0643. The molecule has 0 N–H and O–H groups in total. The molecule has 1 saturated heterocycles. The number of sulfone groups is 1. The van der Waals surface area contributed by atoms with Crippen LogP contribution in [-0.4, -0.2) is 57.0 Å². The Labute approximate surface area is 195 Å². The van der Waals surface area contributed by atoms with Gasteiger partial charge in [-0.1, -0.05) is 37.3 Å². The summed E-state index contributed by atoms with van der Waals surface area (Å²) in [6.45, 7) is 6.49. The standard InChI is InChI=1S/C25H31N3O4S/c1-4-5-9-19-17(2)8-6-10-20(19)23-26-22(25(11-7-12-25)33(3,29)30)21-24(27-23)28-13-14-31-15-18(28)16-32-21/h5-6,8-10,18H,4,7,11-16H2,1-3H3. The third-order valence-corrected chi connectivity index (χ3v) is 9.18. The SMILES string of the molecule is CCC=Cc1c(C)cccc1-c1nc2c(c(C3(S(C)(=O)=O)CCC3)n1)OCC1COCCN21. The number of hydrogen-bond acceptors (Lipinski definition) is 7. The van der Waals surface area contributed by atoms with E-state index in [1.165, 1.54) is 6.26 Å². The zero-order valence-corrected chi connectivity index (χ0v) is 20.3. The van der Waals surface area contributed by atoms with Crippen molar-refractivity contribution in [3.8, 4) is 17.1 Å². The molecule has 0 amide bonds. The van der Waals surface area contributed by atoms with Gasteiger partial charge in [0.15, 0.2) is 27.2 Å². The first kappa shape index (κ1) is 22.3. The Morgan fingerprint density at radius 1 is 1.24 bits per heavy atom. The van der Waals surface area contributed by atoms with Crippen molar-refractivity contribution >= 4 is 21.7 Å². The summed E-state index contributed by atoms with van der Waals surface area (Å²) in [4.78, 5) is 12.2. The highest BCUT2D eigenvalue weighted by Crippen LogP contribution is 2.53. The highest BCUT2D eigenvalue weighted by atomic mass is 32.2. The van der Waals surface area contributed by atoms with E-state index in [4.69, 9.17) is 19.4 Å². The lowest BCUT2D eigenvalue weighted by Crippen LogP contribution is -2.52. The van der Waals surface area contributed by atoms with Crippen molar-refractivity contribution in [2.75, 3.05) is 37.5 Å². The summed E-state index contributed by atoms with van der Waals surface area (Å²) < 4.78 is 36.9. The molecular weight excluding hydrogens is 438 g/mol. The second-order valence-corrected chi connectivity index (χ2v) is 11.6. The van der Waals surface area contributed by atoms with Crippen molar-refractivity contribution < 1.29 is 17.9 Å². The van der Waals surface area contributed by atoms with Crippen LogP contribution in [0.3, 0.4) is 0 Å². The van der Waals surface area contributed by atoms with E-state index in [1.807, 2.05) is 12.1 Å². The molecule has 2 fully saturated rings. The van der Waals surface area contributed by atoms with Crippen LogP contribution in [0.15, 0.2) is 24.3 Å². The van der Waals surface area contributed by atoms with Crippen LogP contribution >= 0.6 is 0 Å². The molecule has 1 aliphatic carbocycles. The topological polar surface area (TPSA) is 81.6 Å². The molecule has 0 spiro atoms. The Balaban J connectivity index is 1.77. The molecule has 2 aliphatic heterocycles.